The highest BCUT2D eigenvalue weighted by atomic mass is 14.4. The molecule has 3 unspecified atom stereocenters. The minimum atomic E-state index is 0.933. The Morgan fingerprint density at radius 2 is 1.89 bits per heavy atom. The van der Waals surface area contributed by atoms with E-state index in [2.05, 4.69) is 13.8 Å². The predicted octanol–water partition coefficient (Wildman–Crippen LogP) is 6.16. The molecule has 0 amide bonds. The predicted molar refractivity (Wildman–Crippen MR) is 80.5 cm³/mol. The number of unbranched alkanes of at least 4 members (excludes halogenated alkanes) is 1. The second kappa shape index (κ2) is 7.56. The Bertz CT molecular complexity index is 220. The van der Waals surface area contributed by atoms with Crippen LogP contribution in [0.2, 0.25) is 0 Å². The van der Waals surface area contributed by atoms with Crippen molar-refractivity contribution < 1.29 is 0 Å². The van der Waals surface area contributed by atoms with E-state index < -0.39 is 0 Å². The van der Waals surface area contributed by atoms with Crippen LogP contribution in [-0.4, -0.2) is 0 Å². The standard InChI is InChI=1S/C18H33/c1-3-4-10-16-11-8-12-17(14-16)18-13-7-5-6-9-15(18)2/h15-17H,3-14H2,1-2H3. The Morgan fingerprint density at radius 3 is 2.72 bits per heavy atom. The van der Waals surface area contributed by atoms with Gasteiger partial charge in [-0.25, -0.2) is 0 Å². The van der Waals surface area contributed by atoms with Crippen molar-refractivity contribution in [3.05, 3.63) is 5.92 Å². The first kappa shape index (κ1) is 14.4. The largest absolute Gasteiger partial charge is 0.0654 e. The summed E-state index contributed by atoms with van der Waals surface area (Å²) in [6.45, 7) is 4.85. The molecule has 2 saturated carbocycles. The zero-order valence-corrected chi connectivity index (χ0v) is 12.7. The van der Waals surface area contributed by atoms with Crippen molar-refractivity contribution in [1.29, 1.82) is 0 Å². The van der Waals surface area contributed by atoms with E-state index in [1.165, 1.54) is 70.6 Å². The highest BCUT2D eigenvalue weighted by molar-refractivity contribution is 5.03. The smallest absolute Gasteiger partial charge is 0.0182 e. The van der Waals surface area contributed by atoms with Crippen LogP contribution in [0.25, 0.3) is 0 Å². The van der Waals surface area contributed by atoms with Crippen molar-refractivity contribution in [3.8, 4) is 0 Å². The molecule has 1 radical (unpaired) electrons. The summed E-state index contributed by atoms with van der Waals surface area (Å²) in [5, 5.41) is 0. The Morgan fingerprint density at radius 1 is 1.00 bits per heavy atom. The van der Waals surface area contributed by atoms with Gasteiger partial charge in [-0.15, -0.1) is 0 Å². The molecule has 0 nitrogen and oxygen atoms in total. The van der Waals surface area contributed by atoms with Gasteiger partial charge in [0, 0.05) is 0 Å². The van der Waals surface area contributed by atoms with E-state index >= 15 is 0 Å². The molecular formula is C18H33. The quantitative estimate of drug-likeness (QED) is 0.524. The number of hydrogen-bond donors (Lipinski definition) is 0. The molecule has 0 aromatic carbocycles. The topological polar surface area (TPSA) is 0 Å². The summed E-state index contributed by atoms with van der Waals surface area (Å²) in [6, 6.07) is 0. The lowest BCUT2D eigenvalue weighted by atomic mass is 9.69. The second-order valence-electron chi connectivity index (χ2n) is 6.95. The van der Waals surface area contributed by atoms with E-state index in [-0.39, 0.29) is 0 Å². The summed E-state index contributed by atoms with van der Waals surface area (Å²) in [5.41, 5.74) is 0. The SMILES string of the molecule is CCCCC1CCCC([C]2CCCCCC2C)C1. The summed E-state index contributed by atoms with van der Waals surface area (Å²) in [7, 11) is 0. The third kappa shape index (κ3) is 4.00. The molecule has 18 heavy (non-hydrogen) atoms. The molecule has 0 saturated heterocycles. The van der Waals surface area contributed by atoms with Gasteiger partial charge in [-0.1, -0.05) is 71.6 Å². The summed E-state index contributed by atoms with van der Waals surface area (Å²) in [4.78, 5) is 0. The van der Waals surface area contributed by atoms with Crippen LogP contribution in [0.3, 0.4) is 0 Å². The summed E-state index contributed by atoms with van der Waals surface area (Å²) in [5.74, 6) is 4.98. The third-order valence-corrected chi connectivity index (χ3v) is 5.51. The van der Waals surface area contributed by atoms with Crippen molar-refractivity contribution in [1.82, 2.24) is 0 Å². The molecule has 0 bridgehead atoms. The van der Waals surface area contributed by atoms with Crippen molar-refractivity contribution in [2.24, 2.45) is 17.8 Å². The lowest BCUT2D eigenvalue weighted by Gasteiger charge is -2.36. The van der Waals surface area contributed by atoms with Gasteiger partial charge in [-0.3, -0.25) is 0 Å². The minimum absolute atomic E-state index is 0.933. The van der Waals surface area contributed by atoms with Crippen LogP contribution in [0.1, 0.15) is 90.9 Å². The van der Waals surface area contributed by atoms with Gasteiger partial charge in [0.25, 0.3) is 0 Å². The molecule has 2 aliphatic rings. The van der Waals surface area contributed by atoms with Crippen LogP contribution in [0.5, 0.6) is 0 Å². The Kier molecular flexibility index (Phi) is 6.05. The molecule has 0 heterocycles. The molecule has 105 valence electrons. The molecule has 0 N–H and O–H groups in total. The summed E-state index contributed by atoms with van der Waals surface area (Å²) in [6.07, 6.45) is 17.8. The Balaban J connectivity index is 1.86. The van der Waals surface area contributed by atoms with Gasteiger partial charge in [0.1, 0.15) is 0 Å². The van der Waals surface area contributed by atoms with Crippen molar-refractivity contribution in [2.45, 2.75) is 90.9 Å². The van der Waals surface area contributed by atoms with E-state index in [4.69, 9.17) is 0 Å². The van der Waals surface area contributed by atoms with E-state index in [0.29, 0.717) is 0 Å². The first-order chi connectivity index (χ1) is 8.81. The maximum absolute atomic E-state index is 2.51. The van der Waals surface area contributed by atoms with E-state index in [1.807, 2.05) is 5.92 Å². The Hall–Kier alpha value is 0. The summed E-state index contributed by atoms with van der Waals surface area (Å²) >= 11 is 0. The highest BCUT2D eigenvalue weighted by Crippen LogP contribution is 2.44. The number of rotatable bonds is 4. The van der Waals surface area contributed by atoms with Crippen LogP contribution < -0.4 is 0 Å². The van der Waals surface area contributed by atoms with Crippen LogP contribution in [0, 0.1) is 23.7 Å². The van der Waals surface area contributed by atoms with Crippen LogP contribution in [0.15, 0.2) is 0 Å². The van der Waals surface area contributed by atoms with Crippen molar-refractivity contribution in [2.75, 3.05) is 0 Å². The van der Waals surface area contributed by atoms with Gasteiger partial charge in [-0.2, -0.15) is 0 Å². The first-order valence-electron chi connectivity index (χ1n) is 8.66. The van der Waals surface area contributed by atoms with E-state index in [9.17, 15) is 0 Å². The highest BCUT2D eigenvalue weighted by Gasteiger charge is 2.32. The summed E-state index contributed by atoms with van der Waals surface area (Å²) < 4.78 is 0. The third-order valence-electron chi connectivity index (χ3n) is 5.51. The molecule has 2 fully saturated rings. The van der Waals surface area contributed by atoms with E-state index in [0.717, 1.165) is 17.8 Å². The molecule has 2 rings (SSSR count). The fourth-order valence-electron chi connectivity index (χ4n) is 4.38. The Labute approximate surface area is 115 Å². The van der Waals surface area contributed by atoms with Gasteiger partial charge >= 0.3 is 0 Å². The molecule has 3 atom stereocenters. The van der Waals surface area contributed by atoms with Gasteiger partial charge in [-0.05, 0) is 42.9 Å². The first-order valence-corrected chi connectivity index (χ1v) is 8.66. The fourth-order valence-corrected chi connectivity index (χ4v) is 4.38. The van der Waals surface area contributed by atoms with E-state index in [1.54, 1.807) is 6.42 Å². The fraction of sp³-hybridized carbons (Fsp3) is 0.944. The van der Waals surface area contributed by atoms with Crippen molar-refractivity contribution in [3.63, 3.8) is 0 Å². The monoisotopic (exact) mass is 249 g/mol. The molecule has 0 heteroatoms. The van der Waals surface area contributed by atoms with Crippen LogP contribution in [-0.2, 0) is 0 Å². The van der Waals surface area contributed by atoms with Gasteiger partial charge in [0.2, 0.25) is 0 Å². The molecular weight excluding hydrogens is 216 g/mol. The normalized spacial score (nSPS) is 35.3. The van der Waals surface area contributed by atoms with Gasteiger partial charge in [0.15, 0.2) is 0 Å². The zero-order valence-electron chi connectivity index (χ0n) is 12.7. The van der Waals surface area contributed by atoms with Gasteiger partial charge in [0.05, 0.1) is 0 Å². The molecule has 0 aromatic rings. The lowest BCUT2D eigenvalue weighted by Crippen LogP contribution is -2.25. The maximum atomic E-state index is 2.51. The molecule has 0 aromatic heterocycles. The van der Waals surface area contributed by atoms with Crippen molar-refractivity contribution >= 4 is 0 Å². The second-order valence-corrected chi connectivity index (χ2v) is 6.95. The zero-order chi connectivity index (χ0) is 12.8. The average molecular weight is 249 g/mol. The van der Waals surface area contributed by atoms with Crippen LogP contribution >= 0.6 is 0 Å². The van der Waals surface area contributed by atoms with Crippen LogP contribution in [0.4, 0.5) is 0 Å². The molecule has 0 spiro atoms. The number of hydrogen-bond acceptors (Lipinski definition) is 0. The maximum Gasteiger partial charge on any atom is -0.0182 e. The molecule has 2 aliphatic carbocycles. The molecule has 0 aliphatic heterocycles. The van der Waals surface area contributed by atoms with Gasteiger partial charge < -0.3 is 0 Å². The lowest BCUT2D eigenvalue weighted by molar-refractivity contribution is 0.233. The minimum Gasteiger partial charge on any atom is -0.0654 e. The average Bonchev–Trinajstić information content (AvgIpc) is 2.61.